The maximum absolute atomic E-state index is 6.25. The minimum Gasteiger partial charge on any atom is -0.375 e. The van der Waals surface area contributed by atoms with E-state index in [-0.39, 0.29) is 5.60 Å². The number of hydrogen-bond donors (Lipinski definition) is 1. The Balaban J connectivity index is 1.62. The summed E-state index contributed by atoms with van der Waals surface area (Å²) in [5, 5.41) is 3.64. The molecule has 3 aliphatic rings. The second kappa shape index (κ2) is 4.89. The van der Waals surface area contributed by atoms with Crippen molar-refractivity contribution in [3.05, 3.63) is 0 Å². The molecule has 2 aliphatic carbocycles. The molecule has 1 saturated heterocycles. The van der Waals surface area contributed by atoms with Gasteiger partial charge in [-0.25, -0.2) is 0 Å². The van der Waals surface area contributed by atoms with Crippen molar-refractivity contribution in [1.82, 2.24) is 5.32 Å². The van der Waals surface area contributed by atoms with Gasteiger partial charge in [0.25, 0.3) is 0 Å². The average Bonchev–Trinajstić information content (AvgIpc) is 3.13. The van der Waals surface area contributed by atoms with E-state index in [4.69, 9.17) is 4.74 Å². The lowest BCUT2D eigenvalue weighted by molar-refractivity contribution is -0.121. The lowest BCUT2D eigenvalue weighted by atomic mass is 9.72. The van der Waals surface area contributed by atoms with E-state index in [0.29, 0.717) is 6.04 Å². The van der Waals surface area contributed by atoms with Gasteiger partial charge in [-0.1, -0.05) is 13.3 Å². The van der Waals surface area contributed by atoms with Gasteiger partial charge in [-0.15, -0.1) is 0 Å². The van der Waals surface area contributed by atoms with Crippen molar-refractivity contribution in [3.63, 3.8) is 0 Å². The summed E-state index contributed by atoms with van der Waals surface area (Å²) in [5.41, 5.74) is 0.261. The fourth-order valence-electron chi connectivity index (χ4n) is 4.15. The third-order valence-corrected chi connectivity index (χ3v) is 5.12. The van der Waals surface area contributed by atoms with E-state index in [1.807, 2.05) is 0 Å². The summed E-state index contributed by atoms with van der Waals surface area (Å²) in [4.78, 5) is 0. The summed E-state index contributed by atoms with van der Waals surface area (Å²) in [7, 11) is 0. The van der Waals surface area contributed by atoms with Crippen LogP contribution in [-0.2, 0) is 4.74 Å². The summed E-state index contributed by atoms with van der Waals surface area (Å²) >= 11 is 0. The third kappa shape index (κ3) is 2.68. The molecule has 0 radical (unpaired) electrons. The molecule has 3 atom stereocenters. The quantitative estimate of drug-likeness (QED) is 0.814. The van der Waals surface area contributed by atoms with Crippen molar-refractivity contribution in [1.29, 1.82) is 0 Å². The van der Waals surface area contributed by atoms with E-state index in [1.165, 1.54) is 51.4 Å². The first-order valence-corrected chi connectivity index (χ1v) is 7.69. The van der Waals surface area contributed by atoms with Gasteiger partial charge in [0.2, 0.25) is 0 Å². The SMILES string of the molecule is CCNC1CCOC2(CCCC(C3CC3)C2)C1. The highest BCUT2D eigenvalue weighted by molar-refractivity contribution is 4.97. The molecular formula is C15H27NO. The second-order valence-electron chi connectivity index (χ2n) is 6.47. The first kappa shape index (κ1) is 12.0. The fourth-order valence-corrected chi connectivity index (χ4v) is 4.15. The molecule has 2 nitrogen and oxygen atoms in total. The average molecular weight is 237 g/mol. The van der Waals surface area contributed by atoms with E-state index in [1.54, 1.807) is 0 Å². The van der Waals surface area contributed by atoms with Crippen LogP contribution in [0.25, 0.3) is 0 Å². The molecule has 1 spiro atoms. The Morgan fingerprint density at radius 1 is 1.12 bits per heavy atom. The highest BCUT2D eigenvalue weighted by atomic mass is 16.5. The zero-order valence-electron chi connectivity index (χ0n) is 11.2. The van der Waals surface area contributed by atoms with Crippen molar-refractivity contribution < 1.29 is 4.74 Å². The van der Waals surface area contributed by atoms with Crippen molar-refractivity contribution in [3.8, 4) is 0 Å². The van der Waals surface area contributed by atoms with E-state index in [9.17, 15) is 0 Å². The van der Waals surface area contributed by atoms with Gasteiger partial charge in [0.15, 0.2) is 0 Å². The molecule has 2 saturated carbocycles. The van der Waals surface area contributed by atoms with Crippen LogP contribution >= 0.6 is 0 Å². The fraction of sp³-hybridized carbons (Fsp3) is 1.00. The van der Waals surface area contributed by atoms with Crippen LogP contribution in [0.3, 0.4) is 0 Å². The molecule has 3 rings (SSSR count). The van der Waals surface area contributed by atoms with Crippen LogP contribution in [0.2, 0.25) is 0 Å². The Hall–Kier alpha value is -0.0800. The highest BCUT2D eigenvalue weighted by Gasteiger charge is 2.45. The van der Waals surface area contributed by atoms with E-state index < -0.39 is 0 Å². The van der Waals surface area contributed by atoms with Crippen LogP contribution in [0.5, 0.6) is 0 Å². The summed E-state index contributed by atoms with van der Waals surface area (Å²) < 4.78 is 6.25. The molecule has 98 valence electrons. The van der Waals surface area contributed by atoms with Gasteiger partial charge < -0.3 is 10.1 Å². The van der Waals surface area contributed by atoms with Gasteiger partial charge in [0.05, 0.1) is 5.60 Å². The lowest BCUT2D eigenvalue weighted by Crippen LogP contribution is -2.49. The van der Waals surface area contributed by atoms with Gasteiger partial charge in [-0.2, -0.15) is 0 Å². The normalized spacial score (nSPS) is 42.9. The number of hydrogen-bond acceptors (Lipinski definition) is 2. The molecule has 2 heteroatoms. The predicted octanol–water partition coefficient (Wildman–Crippen LogP) is 3.11. The molecule has 1 aliphatic heterocycles. The lowest BCUT2D eigenvalue weighted by Gasteiger charge is -2.46. The van der Waals surface area contributed by atoms with Crippen molar-refractivity contribution >= 4 is 0 Å². The van der Waals surface area contributed by atoms with Crippen LogP contribution in [-0.4, -0.2) is 24.8 Å². The maximum Gasteiger partial charge on any atom is 0.0700 e. The second-order valence-corrected chi connectivity index (χ2v) is 6.47. The first-order chi connectivity index (χ1) is 8.31. The molecule has 0 aromatic carbocycles. The Labute approximate surface area is 105 Å². The van der Waals surface area contributed by atoms with Crippen LogP contribution in [0.15, 0.2) is 0 Å². The molecule has 1 N–H and O–H groups in total. The molecule has 1 heterocycles. The summed E-state index contributed by atoms with van der Waals surface area (Å²) in [6.45, 7) is 4.30. The van der Waals surface area contributed by atoms with Crippen molar-refractivity contribution in [2.24, 2.45) is 11.8 Å². The van der Waals surface area contributed by atoms with Gasteiger partial charge in [0.1, 0.15) is 0 Å². The topological polar surface area (TPSA) is 21.3 Å². The Morgan fingerprint density at radius 3 is 2.76 bits per heavy atom. The zero-order chi connectivity index (χ0) is 11.7. The smallest absolute Gasteiger partial charge is 0.0700 e. The van der Waals surface area contributed by atoms with Crippen LogP contribution in [0.1, 0.15) is 58.3 Å². The van der Waals surface area contributed by atoms with Gasteiger partial charge >= 0.3 is 0 Å². The molecular weight excluding hydrogens is 210 g/mol. The highest BCUT2D eigenvalue weighted by Crippen LogP contribution is 2.49. The Bertz CT molecular complexity index is 258. The monoisotopic (exact) mass is 237 g/mol. The minimum absolute atomic E-state index is 0.261. The van der Waals surface area contributed by atoms with Gasteiger partial charge in [-0.05, 0) is 63.3 Å². The first-order valence-electron chi connectivity index (χ1n) is 7.69. The molecule has 3 fully saturated rings. The largest absolute Gasteiger partial charge is 0.375 e. The third-order valence-electron chi connectivity index (χ3n) is 5.12. The molecule has 0 aromatic rings. The molecule has 0 bridgehead atoms. The standard InChI is InChI=1S/C15H27NO/c1-2-16-14-7-9-17-15(11-14)8-3-4-13(10-15)12-5-6-12/h12-14,16H,2-11H2,1H3. The molecule has 3 unspecified atom stereocenters. The Kier molecular flexibility index (Phi) is 3.45. The van der Waals surface area contributed by atoms with Gasteiger partial charge in [-0.3, -0.25) is 0 Å². The van der Waals surface area contributed by atoms with Crippen LogP contribution < -0.4 is 5.32 Å². The Morgan fingerprint density at radius 2 is 2.00 bits per heavy atom. The minimum atomic E-state index is 0.261. The summed E-state index contributed by atoms with van der Waals surface area (Å²) in [6, 6.07) is 0.715. The van der Waals surface area contributed by atoms with Crippen molar-refractivity contribution in [2.75, 3.05) is 13.2 Å². The van der Waals surface area contributed by atoms with Crippen molar-refractivity contribution in [2.45, 2.75) is 69.9 Å². The number of rotatable bonds is 3. The number of nitrogens with one attached hydrogen (secondary N) is 1. The molecule has 0 aromatic heterocycles. The van der Waals surface area contributed by atoms with Gasteiger partial charge in [0, 0.05) is 12.6 Å². The summed E-state index contributed by atoms with van der Waals surface area (Å²) in [6.07, 6.45) is 11.0. The summed E-state index contributed by atoms with van der Waals surface area (Å²) in [5.74, 6) is 2.06. The molecule has 17 heavy (non-hydrogen) atoms. The maximum atomic E-state index is 6.25. The van der Waals surface area contributed by atoms with E-state index in [0.717, 1.165) is 25.0 Å². The molecule has 0 amide bonds. The zero-order valence-corrected chi connectivity index (χ0v) is 11.2. The van der Waals surface area contributed by atoms with Crippen LogP contribution in [0, 0.1) is 11.8 Å². The number of ether oxygens (including phenoxy) is 1. The van der Waals surface area contributed by atoms with E-state index >= 15 is 0 Å². The van der Waals surface area contributed by atoms with Crippen LogP contribution in [0.4, 0.5) is 0 Å². The predicted molar refractivity (Wildman–Crippen MR) is 70.1 cm³/mol. The van der Waals surface area contributed by atoms with E-state index in [2.05, 4.69) is 12.2 Å².